The first kappa shape index (κ1) is 21.3. The maximum Gasteiger partial charge on any atom is 0.294 e. The predicted octanol–water partition coefficient (Wildman–Crippen LogP) is 3.47. The number of sulfone groups is 1. The minimum atomic E-state index is -3.33. The van der Waals surface area contributed by atoms with E-state index in [0.717, 1.165) is 12.6 Å². The van der Waals surface area contributed by atoms with Crippen LogP contribution in [0.2, 0.25) is 0 Å². The Balaban J connectivity index is 1.65. The highest BCUT2D eigenvalue weighted by molar-refractivity contribution is 7.90. The Morgan fingerprint density at radius 2 is 1.75 bits per heavy atom. The third kappa shape index (κ3) is 4.26. The highest BCUT2D eigenvalue weighted by Crippen LogP contribution is 2.26. The van der Waals surface area contributed by atoms with Gasteiger partial charge in [0.2, 0.25) is 5.76 Å². The van der Waals surface area contributed by atoms with Crippen LogP contribution in [-0.2, 0) is 9.84 Å². The molecule has 0 saturated carbocycles. The highest BCUT2D eigenvalue weighted by atomic mass is 32.2. The van der Waals surface area contributed by atoms with Gasteiger partial charge in [-0.25, -0.2) is 23.4 Å². The second kappa shape index (κ2) is 8.31. The number of carbonyl (C=O) groups is 1. The molecule has 3 aromatic heterocycles. The lowest BCUT2D eigenvalue weighted by molar-refractivity contribution is 0.0997. The van der Waals surface area contributed by atoms with Crippen molar-refractivity contribution in [2.75, 3.05) is 11.6 Å². The topological polar surface area (TPSA) is 128 Å². The van der Waals surface area contributed by atoms with Crippen LogP contribution in [0.3, 0.4) is 0 Å². The van der Waals surface area contributed by atoms with Gasteiger partial charge >= 0.3 is 0 Å². The molecular formula is C22H19N5O4S. The van der Waals surface area contributed by atoms with E-state index in [1.165, 1.54) is 12.1 Å². The zero-order valence-electron chi connectivity index (χ0n) is 17.5. The lowest BCUT2D eigenvalue weighted by atomic mass is 10.1. The van der Waals surface area contributed by atoms with Crippen molar-refractivity contribution < 1.29 is 17.6 Å². The number of anilines is 1. The minimum Gasteiger partial charge on any atom is -0.438 e. The normalized spacial score (nSPS) is 11.3. The summed E-state index contributed by atoms with van der Waals surface area (Å²) in [6, 6.07) is 11.5. The first-order chi connectivity index (χ1) is 15.2. The molecule has 0 fully saturated rings. The van der Waals surface area contributed by atoms with E-state index in [1.54, 1.807) is 37.4 Å². The van der Waals surface area contributed by atoms with Crippen molar-refractivity contribution in [2.24, 2.45) is 0 Å². The molecule has 1 amide bonds. The highest BCUT2D eigenvalue weighted by Gasteiger charge is 2.21. The van der Waals surface area contributed by atoms with Gasteiger partial charge in [-0.1, -0.05) is 18.2 Å². The molecule has 10 heteroatoms. The zero-order valence-corrected chi connectivity index (χ0v) is 18.3. The molecule has 0 spiro atoms. The summed E-state index contributed by atoms with van der Waals surface area (Å²) < 4.78 is 28.7. The fraction of sp³-hybridized carbons (Fsp3) is 0.136. The van der Waals surface area contributed by atoms with Crippen LogP contribution in [0.25, 0.3) is 22.8 Å². The van der Waals surface area contributed by atoms with Gasteiger partial charge in [0.25, 0.3) is 5.91 Å². The van der Waals surface area contributed by atoms with Gasteiger partial charge in [0.05, 0.1) is 4.90 Å². The molecule has 0 atom stereocenters. The number of amides is 1. The monoisotopic (exact) mass is 449 g/mol. The average Bonchev–Trinajstić information content (AvgIpc) is 3.27. The van der Waals surface area contributed by atoms with Crippen molar-refractivity contribution in [1.29, 1.82) is 0 Å². The first-order valence-corrected chi connectivity index (χ1v) is 11.4. The fourth-order valence-electron chi connectivity index (χ4n) is 3.00. The maximum atomic E-state index is 13.0. The molecule has 0 aliphatic carbocycles. The smallest absolute Gasteiger partial charge is 0.294 e. The number of benzene rings is 1. The third-order valence-corrected chi connectivity index (χ3v) is 5.97. The van der Waals surface area contributed by atoms with Crippen molar-refractivity contribution in [3.05, 3.63) is 72.1 Å². The molecule has 0 saturated heterocycles. The Kier molecular flexibility index (Phi) is 5.54. The number of pyridine rings is 1. The van der Waals surface area contributed by atoms with Crippen LogP contribution in [0.4, 0.5) is 5.82 Å². The molecule has 1 N–H and O–H groups in total. The maximum absolute atomic E-state index is 13.0. The van der Waals surface area contributed by atoms with Crippen LogP contribution in [0, 0.1) is 13.8 Å². The molecule has 0 aliphatic rings. The molecule has 0 radical (unpaired) electrons. The molecule has 0 aliphatic heterocycles. The van der Waals surface area contributed by atoms with Gasteiger partial charge in [0.1, 0.15) is 17.2 Å². The Morgan fingerprint density at radius 1 is 1.00 bits per heavy atom. The molecule has 0 unspecified atom stereocenters. The summed E-state index contributed by atoms with van der Waals surface area (Å²) in [4.78, 5) is 30.5. The van der Waals surface area contributed by atoms with Crippen molar-refractivity contribution in [3.63, 3.8) is 0 Å². The summed E-state index contributed by atoms with van der Waals surface area (Å²) in [6.45, 7) is 3.63. The lowest BCUT2D eigenvalue weighted by Gasteiger charge is -2.11. The summed E-state index contributed by atoms with van der Waals surface area (Å²) in [6.07, 6.45) is 3.93. The van der Waals surface area contributed by atoms with Gasteiger partial charge in [0, 0.05) is 29.3 Å². The van der Waals surface area contributed by atoms with Crippen LogP contribution in [-0.4, -0.2) is 40.5 Å². The van der Waals surface area contributed by atoms with Crippen LogP contribution in [0.5, 0.6) is 0 Å². The van der Waals surface area contributed by atoms with E-state index in [2.05, 4.69) is 25.3 Å². The van der Waals surface area contributed by atoms with E-state index in [9.17, 15) is 13.2 Å². The molecule has 1 aromatic carbocycles. The van der Waals surface area contributed by atoms with Crippen LogP contribution in [0.1, 0.15) is 21.8 Å². The molecule has 162 valence electrons. The number of hydrogen-bond acceptors (Lipinski definition) is 8. The van der Waals surface area contributed by atoms with Gasteiger partial charge in [0.15, 0.2) is 22.1 Å². The van der Waals surface area contributed by atoms with Crippen molar-refractivity contribution in [2.45, 2.75) is 18.7 Å². The number of hydrogen-bond donors (Lipinski definition) is 1. The van der Waals surface area contributed by atoms with Gasteiger partial charge < -0.3 is 9.73 Å². The molecular weight excluding hydrogens is 430 g/mol. The van der Waals surface area contributed by atoms with Crippen LogP contribution in [0.15, 0.2) is 64.4 Å². The van der Waals surface area contributed by atoms with E-state index >= 15 is 0 Å². The Morgan fingerprint density at radius 3 is 2.41 bits per heavy atom. The van der Waals surface area contributed by atoms with E-state index in [0.29, 0.717) is 34.2 Å². The number of oxazole rings is 1. The first-order valence-electron chi connectivity index (χ1n) is 9.56. The molecule has 9 nitrogen and oxygen atoms in total. The van der Waals surface area contributed by atoms with E-state index in [-0.39, 0.29) is 16.3 Å². The second-order valence-corrected chi connectivity index (χ2v) is 9.12. The number of aromatic nitrogens is 4. The second-order valence-electron chi connectivity index (χ2n) is 7.10. The lowest BCUT2D eigenvalue weighted by Crippen LogP contribution is -2.16. The number of nitrogens with one attached hydrogen (secondary N) is 1. The molecule has 32 heavy (non-hydrogen) atoms. The van der Waals surface area contributed by atoms with Gasteiger partial charge in [-0.15, -0.1) is 0 Å². The van der Waals surface area contributed by atoms with Crippen LogP contribution < -0.4 is 5.32 Å². The Bertz CT molecular complexity index is 1400. The van der Waals surface area contributed by atoms with Gasteiger partial charge in [-0.2, -0.15) is 0 Å². The standard InChI is InChI=1S/C22H19N5O4S/c1-13-14(2)25-21(17-6-4-5-11-23-17)26-20(13)27-22(28)19-18(24-12-31-19)15-7-9-16(10-8-15)32(3,29)30/h4-12H,1-3H3,(H,25,26,27,28). The van der Waals surface area contributed by atoms with Gasteiger partial charge in [-0.05, 0) is 38.1 Å². The third-order valence-electron chi connectivity index (χ3n) is 4.84. The van der Waals surface area contributed by atoms with E-state index in [1.807, 2.05) is 13.0 Å². The molecule has 3 heterocycles. The number of nitrogens with zero attached hydrogens (tertiary/aromatic N) is 4. The van der Waals surface area contributed by atoms with E-state index < -0.39 is 15.7 Å². The molecule has 4 rings (SSSR count). The predicted molar refractivity (Wildman–Crippen MR) is 118 cm³/mol. The fourth-order valence-corrected chi connectivity index (χ4v) is 3.63. The summed E-state index contributed by atoms with van der Waals surface area (Å²) in [7, 11) is -3.33. The van der Waals surface area contributed by atoms with Crippen molar-refractivity contribution >= 4 is 21.6 Å². The quantitative estimate of drug-likeness (QED) is 0.490. The molecule has 4 aromatic rings. The Labute approximate surface area is 184 Å². The largest absolute Gasteiger partial charge is 0.438 e. The Hall–Kier alpha value is -3.92. The average molecular weight is 449 g/mol. The summed E-state index contributed by atoms with van der Waals surface area (Å²) in [5.41, 5.74) is 2.82. The van der Waals surface area contributed by atoms with Crippen LogP contribution >= 0.6 is 0 Å². The number of carbonyl (C=O) groups excluding carboxylic acids is 1. The van der Waals surface area contributed by atoms with Gasteiger partial charge in [-0.3, -0.25) is 9.78 Å². The summed E-state index contributed by atoms with van der Waals surface area (Å²) in [5.74, 6) is 0.154. The molecule has 0 bridgehead atoms. The van der Waals surface area contributed by atoms with Crippen molar-refractivity contribution in [1.82, 2.24) is 19.9 Å². The summed E-state index contributed by atoms with van der Waals surface area (Å²) >= 11 is 0. The zero-order chi connectivity index (χ0) is 22.9. The number of rotatable bonds is 5. The summed E-state index contributed by atoms with van der Waals surface area (Å²) in [5, 5.41) is 2.76. The SMILES string of the molecule is Cc1nc(-c2ccccn2)nc(NC(=O)c2ocnc2-c2ccc(S(C)(=O)=O)cc2)c1C. The number of aryl methyl sites for hydroxylation is 1. The minimum absolute atomic E-state index is 0.0212. The van der Waals surface area contributed by atoms with E-state index in [4.69, 9.17) is 4.42 Å². The van der Waals surface area contributed by atoms with Crippen molar-refractivity contribution in [3.8, 4) is 22.8 Å².